The summed E-state index contributed by atoms with van der Waals surface area (Å²) < 4.78 is 13.3. The van der Waals surface area contributed by atoms with Gasteiger partial charge in [0.2, 0.25) is 5.91 Å². The second-order valence-electron chi connectivity index (χ2n) is 7.07. The molecule has 1 aromatic rings. The molecule has 0 aliphatic carbocycles. The Kier molecular flexibility index (Phi) is 7.18. The van der Waals surface area contributed by atoms with Crippen LogP contribution in [0.15, 0.2) is 24.3 Å². The van der Waals surface area contributed by atoms with Crippen LogP contribution in [-0.4, -0.2) is 55.0 Å². The minimum absolute atomic E-state index is 0.0386. The average Bonchev–Trinajstić information content (AvgIpc) is 2.54. The molecule has 1 fully saturated rings. The Balaban J connectivity index is 1.78. The van der Waals surface area contributed by atoms with E-state index in [1.807, 2.05) is 6.07 Å². The minimum atomic E-state index is -0.201. The lowest BCUT2D eigenvalue weighted by molar-refractivity contribution is -0.126. The van der Waals surface area contributed by atoms with Crippen molar-refractivity contribution in [2.75, 3.05) is 33.2 Å². The van der Waals surface area contributed by atoms with Crippen LogP contribution in [0.4, 0.5) is 4.39 Å². The maximum Gasteiger partial charge on any atom is 0.224 e. The van der Waals surface area contributed by atoms with E-state index in [0.717, 1.165) is 38.0 Å². The van der Waals surface area contributed by atoms with Crippen molar-refractivity contribution in [2.24, 2.45) is 5.92 Å². The molecule has 0 saturated carbocycles. The van der Waals surface area contributed by atoms with Crippen LogP contribution in [0.5, 0.6) is 0 Å². The maximum atomic E-state index is 13.3. The van der Waals surface area contributed by atoms with Crippen LogP contribution in [0.2, 0.25) is 0 Å². The van der Waals surface area contributed by atoms with Crippen molar-refractivity contribution in [2.45, 2.75) is 39.3 Å². The van der Waals surface area contributed by atoms with Crippen molar-refractivity contribution in [1.29, 1.82) is 0 Å². The number of hydrogen-bond donors (Lipinski definition) is 1. The summed E-state index contributed by atoms with van der Waals surface area (Å²) in [6.07, 6.45) is 1.95. The second kappa shape index (κ2) is 9.14. The molecule has 2 rings (SSSR count). The summed E-state index contributed by atoms with van der Waals surface area (Å²) >= 11 is 0. The molecule has 134 valence electrons. The molecule has 0 bridgehead atoms. The first-order valence-electron chi connectivity index (χ1n) is 8.90. The molecular weight excluding hydrogens is 305 g/mol. The van der Waals surface area contributed by atoms with E-state index in [9.17, 15) is 9.18 Å². The number of carbonyl (C=O) groups is 1. The largest absolute Gasteiger partial charge is 0.355 e. The fourth-order valence-electron chi connectivity index (χ4n) is 3.06. The Morgan fingerprint density at radius 3 is 2.96 bits per heavy atom. The van der Waals surface area contributed by atoms with E-state index in [1.54, 1.807) is 12.1 Å². The molecule has 1 aromatic carbocycles. The van der Waals surface area contributed by atoms with Crippen LogP contribution in [0.25, 0.3) is 0 Å². The molecule has 5 heteroatoms. The Hall–Kier alpha value is -1.46. The number of piperidine rings is 1. The van der Waals surface area contributed by atoms with Gasteiger partial charge in [-0.25, -0.2) is 4.39 Å². The van der Waals surface area contributed by atoms with E-state index in [2.05, 4.69) is 36.0 Å². The molecule has 4 nitrogen and oxygen atoms in total. The Morgan fingerprint density at radius 1 is 1.46 bits per heavy atom. The van der Waals surface area contributed by atoms with Gasteiger partial charge in [-0.2, -0.15) is 0 Å². The number of hydrogen-bond acceptors (Lipinski definition) is 3. The summed E-state index contributed by atoms with van der Waals surface area (Å²) in [7, 11) is 2.07. The van der Waals surface area contributed by atoms with Gasteiger partial charge in [-0.3, -0.25) is 9.69 Å². The van der Waals surface area contributed by atoms with Crippen LogP contribution in [0.3, 0.4) is 0 Å². The Bertz CT molecular complexity index is 535. The number of benzene rings is 1. The molecule has 1 unspecified atom stereocenters. The number of carbonyl (C=O) groups excluding carboxylic acids is 1. The standard InChI is InChI=1S/C19H30FN3O/c1-15(2)22(3)11-9-21-19(24)17-7-5-10-23(14-17)13-16-6-4-8-18(20)12-16/h4,6,8,12,15,17H,5,7,9-11,13-14H2,1-3H3,(H,21,24). The first kappa shape index (κ1) is 18.9. The highest BCUT2D eigenvalue weighted by atomic mass is 19.1. The van der Waals surface area contributed by atoms with Gasteiger partial charge >= 0.3 is 0 Å². The highest BCUT2D eigenvalue weighted by Gasteiger charge is 2.25. The van der Waals surface area contributed by atoms with Gasteiger partial charge in [-0.15, -0.1) is 0 Å². The van der Waals surface area contributed by atoms with Crippen molar-refractivity contribution in [1.82, 2.24) is 15.1 Å². The molecule has 24 heavy (non-hydrogen) atoms. The van der Waals surface area contributed by atoms with Crippen LogP contribution >= 0.6 is 0 Å². The van der Waals surface area contributed by atoms with Gasteiger partial charge in [-0.1, -0.05) is 12.1 Å². The third kappa shape index (κ3) is 5.87. The summed E-state index contributed by atoms with van der Waals surface area (Å²) in [6, 6.07) is 7.20. The van der Waals surface area contributed by atoms with Crippen molar-refractivity contribution in [3.8, 4) is 0 Å². The molecule has 1 N–H and O–H groups in total. The van der Waals surface area contributed by atoms with Crippen LogP contribution < -0.4 is 5.32 Å². The maximum absolute atomic E-state index is 13.3. The van der Waals surface area contributed by atoms with Crippen molar-refractivity contribution in [3.05, 3.63) is 35.6 Å². The Labute approximate surface area is 145 Å². The summed E-state index contributed by atoms with van der Waals surface area (Å²) in [6.45, 7) is 8.27. The molecule has 1 aliphatic rings. The fourth-order valence-corrected chi connectivity index (χ4v) is 3.06. The third-order valence-electron chi connectivity index (χ3n) is 4.82. The van der Waals surface area contributed by atoms with E-state index in [1.165, 1.54) is 6.07 Å². The molecule has 1 saturated heterocycles. The van der Waals surface area contributed by atoms with Gasteiger partial charge in [0.05, 0.1) is 5.92 Å². The molecule has 0 spiro atoms. The van der Waals surface area contributed by atoms with E-state index in [0.29, 0.717) is 19.1 Å². The third-order valence-corrected chi connectivity index (χ3v) is 4.82. The highest BCUT2D eigenvalue weighted by molar-refractivity contribution is 5.78. The van der Waals surface area contributed by atoms with Gasteiger partial charge in [0.15, 0.2) is 0 Å². The number of nitrogens with zero attached hydrogens (tertiary/aromatic N) is 2. The summed E-state index contributed by atoms with van der Waals surface area (Å²) in [4.78, 5) is 16.9. The number of likely N-dealkylation sites (tertiary alicyclic amines) is 1. The van der Waals surface area contributed by atoms with E-state index < -0.39 is 0 Å². The van der Waals surface area contributed by atoms with E-state index in [-0.39, 0.29) is 17.6 Å². The first-order valence-corrected chi connectivity index (χ1v) is 8.90. The zero-order valence-corrected chi connectivity index (χ0v) is 15.1. The summed E-state index contributed by atoms with van der Waals surface area (Å²) in [5, 5.41) is 3.06. The molecule has 0 radical (unpaired) electrons. The molecular formula is C19H30FN3O. The molecule has 1 atom stereocenters. The lowest BCUT2D eigenvalue weighted by Gasteiger charge is -2.32. The lowest BCUT2D eigenvalue weighted by Crippen LogP contribution is -2.44. The number of nitrogens with one attached hydrogen (secondary N) is 1. The van der Waals surface area contributed by atoms with Crippen LogP contribution in [0, 0.1) is 11.7 Å². The monoisotopic (exact) mass is 335 g/mol. The first-order chi connectivity index (χ1) is 11.5. The highest BCUT2D eigenvalue weighted by Crippen LogP contribution is 2.19. The van der Waals surface area contributed by atoms with Crippen molar-refractivity contribution < 1.29 is 9.18 Å². The van der Waals surface area contributed by atoms with Crippen molar-refractivity contribution >= 4 is 5.91 Å². The lowest BCUT2D eigenvalue weighted by atomic mass is 9.96. The topological polar surface area (TPSA) is 35.6 Å². The van der Waals surface area contributed by atoms with Gasteiger partial charge in [0, 0.05) is 32.2 Å². The minimum Gasteiger partial charge on any atom is -0.355 e. The molecule has 1 heterocycles. The van der Waals surface area contributed by atoms with Gasteiger partial charge in [0.1, 0.15) is 5.82 Å². The summed E-state index contributed by atoms with van der Waals surface area (Å²) in [5.74, 6) is -0.0131. The fraction of sp³-hybridized carbons (Fsp3) is 0.632. The Morgan fingerprint density at radius 2 is 2.25 bits per heavy atom. The molecule has 0 aromatic heterocycles. The SMILES string of the molecule is CC(C)N(C)CCNC(=O)C1CCCN(Cc2cccc(F)c2)C1. The molecule has 1 aliphatic heterocycles. The second-order valence-corrected chi connectivity index (χ2v) is 7.07. The van der Waals surface area contributed by atoms with Crippen LogP contribution in [-0.2, 0) is 11.3 Å². The predicted molar refractivity (Wildman–Crippen MR) is 95.2 cm³/mol. The quantitative estimate of drug-likeness (QED) is 0.832. The zero-order chi connectivity index (χ0) is 17.5. The van der Waals surface area contributed by atoms with E-state index in [4.69, 9.17) is 0 Å². The number of amides is 1. The van der Waals surface area contributed by atoms with Gasteiger partial charge < -0.3 is 10.2 Å². The normalized spacial score (nSPS) is 19.0. The predicted octanol–water partition coefficient (Wildman–Crippen LogP) is 2.49. The van der Waals surface area contributed by atoms with Crippen LogP contribution in [0.1, 0.15) is 32.3 Å². The average molecular weight is 335 g/mol. The van der Waals surface area contributed by atoms with Gasteiger partial charge in [0.25, 0.3) is 0 Å². The molecule has 1 amide bonds. The zero-order valence-electron chi connectivity index (χ0n) is 15.1. The number of rotatable bonds is 7. The summed E-state index contributed by atoms with van der Waals surface area (Å²) in [5.41, 5.74) is 0.967. The number of halogens is 1. The number of likely N-dealkylation sites (N-methyl/N-ethyl adjacent to an activating group) is 1. The van der Waals surface area contributed by atoms with Crippen molar-refractivity contribution in [3.63, 3.8) is 0 Å². The smallest absolute Gasteiger partial charge is 0.224 e. The van der Waals surface area contributed by atoms with E-state index >= 15 is 0 Å². The van der Waals surface area contributed by atoms with Gasteiger partial charge in [-0.05, 0) is 58.0 Å².